The van der Waals surface area contributed by atoms with E-state index in [1.807, 2.05) is 0 Å². The predicted molar refractivity (Wildman–Crippen MR) is 50.8 cm³/mol. The lowest BCUT2D eigenvalue weighted by Gasteiger charge is -2.09. The average Bonchev–Trinajstić information content (AvgIpc) is 2.68. The molecule has 0 fully saturated rings. The van der Waals surface area contributed by atoms with Gasteiger partial charge in [0.25, 0.3) is 0 Å². The van der Waals surface area contributed by atoms with Gasteiger partial charge in [0.15, 0.2) is 0 Å². The van der Waals surface area contributed by atoms with Gasteiger partial charge in [-0.1, -0.05) is 5.21 Å². The monoisotopic (exact) mass is 228 g/mol. The Bertz CT molecular complexity index is 490. The molecule has 0 spiro atoms. The molecule has 0 aliphatic carbocycles. The molecule has 0 aliphatic heterocycles. The van der Waals surface area contributed by atoms with E-state index in [0.717, 1.165) is 12.1 Å². The number of benzene rings is 1. The number of nitrogen functional groups attached to an aromatic ring is 1. The van der Waals surface area contributed by atoms with Gasteiger partial charge in [0.2, 0.25) is 0 Å². The van der Waals surface area contributed by atoms with Gasteiger partial charge in [-0.15, -0.1) is 5.10 Å². The predicted octanol–water partition coefficient (Wildman–Crippen LogP) is 1.87. The fourth-order valence-electron chi connectivity index (χ4n) is 1.28. The maximum absolute atomic E-state index is 12.5. The average molecular weight is 228 g/mol. The summed E-state index contributed by atoms with van der Waals surface area (Å²) in [5, 5.41) is 7.11. The highest BCUT2D eigenvalue weighted by atomic mass is 19.4. The van der Waals surface area contributed by atoms with Crippen LogP contribution in [0.3, 0.4) is 0 Å². The van der Waals surface area contributed by atoms with Crippen LogP contribution in [0.15, 0.2) is 30.6 Å². The molecule has 0 radical (unpaired) electrons. The molecule has 2 N–H and O–H groups in total. The zero-order chi connectivity index (χ0) is 11.8. The number of nitrogens with zero attached hydrogens (tertiary/aromatic N) is 3. The number of anilines is 1. The summed E-state index contributed by atoms with van der Waals surface area (Å²) in [5.74, 6) is 0. The fourth-order valence-corrected chi connectivity index (χ4v) is 1.28. The number of hydrogen-bond acceptors (Lipinski definition) is 3. The zero-order valence-corrected chi connectivity index (χ0v) is 7.94. The molecule has 1 heterocycles. The largest absolute Gasteiger partial charge is 0.416 e. The highest BCUT2D eigenvalue weighted by Crippen LogP contribution is 2.31. The van der Waals surface area contributed by atoms with Crippen LogP contribution in [0.5, 0.6) is 0 Å². The van der Waals surface area contributed by atoms with Crippen molar-refractivity contribution >= 4 is 5.69 Å². The van der Waals surface area contributed by atoms with Crippen LogP contribution in [0.4, 0.5) is 18.9 Å². The first kappa shape index (κ1) is 10.5. The van der Waals surface area contributed by atoms with Gasteiger partial charge >= 0.3 is 6.18 Å². The molecule has 0 aliphatic rings. The van der Waals surface area contributed by atoms with E-state index in [1.54, 1.807) is 0 Å². The van der Waals surface area contributed by atoms with Crippen LogP contribution in [0.2, 0.25) is 0 Å². The van der Waals surface area contributed by atoms with E-state index >= 15 is 0 Å². The third-order valence-corrected chi connectivity index (χ3v) is 1.95. The van der Waals surface area contributed by atoms with Gasteiger partial charge in [-0.3, -0.25) is 0 Å². The molecule has 84 valence electrons. The van der Waals surface area contributed by atoms with Gasteiger partial charge in [0.1, 0.15) is 0 Å². The second-order valence-corrected chi connectivity index (χ2v) is 3.16. The van der Waals surface area contributed by atoms with Gasteiger partial charge in [-0.25, -0.2) is 4.68 Å². The van der Waals surface area contributed by atoms with E-state index in [0.29, 0.717) is 0 Å². The van der Waals surface area contributed by atoms with Crippen molar-refractivity contribution in [2.45, 2.75) is 6.18 Å². The summed E-state index contributed by atoms with van der Waals surface area (Å²) in [6.07, 6.45) is -1.61. The van der Waals surface area contributed by atoms with Gasteiger partial charge in [-0.2, -0.15) is 13.2 Å². The van der Waals surface area contributed by atoms with Crippen molar-refractivity contribution in [3.05, 3.63) is 36.2 Å². The number of nitrogens with two attached hydrogens (primary N) is 1. The number of hydrogen-bond donors (Lipinski definition) is 1. The number of rotatable bonds is 1. The third kappa shape index (κ3) is 1.97. The fraction of sp³-hybridized carbons (Fsp3) is 0.111. The van der Waals surface area contributed by atoms with E-state index in [9.17, 15) is 13.2 Å². The Kier molecular flexibility index (Phi) is 2.30. The lowest BCUT2D eigenvalue weighted by Crippen LogP contribution is -2.08. The first-order valence-corrected chi connectivity index (χ1v) is 4.31. The van der Waals surface area contributed by atoms with Crippen LogP contribution in [-0.2, 0) is 6.18 Å². The Morgan fingerprint density at radius 3 is 2.50 bits per heavy atom. The molecule has 4 nitrogen and oxygen atoms in total. The Labute approximate surface area is 88.5 Å². The van der Waals surface area contributed by atoms with Crippen LogP contribution >= 0.6 is 0 Å². The SMILES string of the molecule is Nc1cc(-n2ccnn2)cc(C(F)(F)F)c1. The molecule has 16 heavy (non-hydrogen) atoms. The van der Waals surface area contributed by atoms with Crippen molar-refractivity contribution in [1.82, 2.24) is 15.0 Å². The summed E-state index contributed by atoms with van der Waals surface area (Å²) in [6.45, 7) is 0. The first-order valence-electron chi connectivity index (χ1n) is 4.31. The minimum atomic E-state index is -4.43. The van der Waals surface area contributed by atoms with Crippen molar-refractivity contribution in [3.63, 3.8) is 0 Å². The van der Waals surface area contributed by atoms with Gasteiger partial charge < -0.3 is 5.73 Å². The Morgan fingerprint density at radius 2 is 1.94 bits per heavy atom. The molecular formula is C9H7F3N4. The van der Waals surface area contributed by atoms with Gasteiger partial charge in [0.05, 0.1) is 23.6 Å². The molecule has 0 bridgehead atoms. The standard InChI is InChI=1S/C9H7F3N4/c10-9(11,12)6-3-7(13)5-8(4-6)16-2-1-14-15-16/h1-5H,13H2. The second kappa shape index (κ2) is 3.51. The summed E-state index contributed by atoms with van der Waals surface area (Å²) in [5.41, 5.74) is 4.85. The normalized spacial score (nSPS) is 11.7. The first-order chi connectivity index (χ1) is 7.47. The van der Waals surface area contributed by atoms with Crippen LogP contribution in [0, 0.1) is 0 Å². The summed E-state index contributed by atoms with van der Waals surface area (Å²) in [4.78, 5) is 0. The van der Waals surface area contributed by atoms with E-state index < -0.39 is 11.7 Å². The summed E-state index contributed by atoms with van der Waals surface area (Å²) in [7, 11) is 0. The smallest absolute Gasteiger partial charge is 0.399 e. The van der Waals surface area contributed by atoms with Crippen molar-refractivity contribution in [3.8, 4) is 5.69 Å². The van der Waals surface area contributed by atoms with Crippen molar-refractivity contribution in [2.24, 2.45) is 0 Å². The van der Waals surface area contributed by atoms with Crippen LogP contribution in [0.1, 0.15) is 5.56 Å². The number of alkyl halides is 3. The Hall–Kier alpha value is -2.05. The molecule has 0 saturated heterocycles. The lowest BCUT2D eigenvalue weighted by atomic mass is 10.1. The summed E-state index contributed by atoms with van der Waals surface area (Å²) < 4.78 is 38.7. The van der Waals surface area contributed by atoms with E-state index in [1.165, 1.54) is 23.1 Å². The second-order valence-electron chi connectivity index (χ2n) is 3.16. The van der Waals surface area contributed by atoms with Crippen molar-refractivity contribution in [2.75, 3.05) is 5.73 Å². The third-order valence-electron chi connectivity index (χ3n) is 1.95. The molecular weight excluding hydrogens is 221 g/mol. The molecule has 0 amide bonds. The molecule has 0 unspecified atom stereocenters. The molecule has 1 aromatic heterocycles. The van der Waals surface area contributed by atoms with E-state index in [2.05, 4.69) is 10.3 Å². The minimum absolute atomic E-state index is 0.0281. The minimum Gasteiger partial charge on any atom is -0.399 e. The maximum atomic E-state index is 12.5. The van der Waals surface area contributed by atoms with Crippen molar-refractivity contribution < 1.29 is 13.2 Å². The lowest BCUT2D eigenvalue weighted by molar-refractivity contribution is -0.137. The summed E-state index contributed by atoms with van der Waals surface area (Å²) in [6, 6.07) is 3.23. The quantitative estimate of drug-likeness (QED) is 0.758. The van der Waals surface area contributed by atoms with E-state index in [-0.39, 0.29) is 11.4 Å². The molecule has 7 heteroatoms. The molecule has 2 rings (SSSR count). The topological polar surface area (TPSA) is 56.7 Å². The van der Waals surface area contributed by atoms with Gasteiger partial charge in [-0.05, 0) is 18.2 Å². The van der Waals surface area contributed by atoms with Crippen LogP contribution in [0.25, 0.3) is 5.69 Å². The molecule has 0 saturated carbocycles. The van der Waals surface area contributed by atoms with Gasteiger partial charge in [0, 0.05) is 5.69 Å². The number of halogens is 3. The summed E-state index contributed by atoms with van der Waals surface area (Å²) >= 11 is 0. The highest BCUT2D eigenvalue weighted by Gasteiger charge is 2.31. The zero-order valence-electron chi connectivity index (χ0n) is 7.94. The molecule has 0 atom stereocenters. The van der Waals surface area contributed by atoms with E-state index in [4.69, 9.17) is 5.73 Å². The Morgan fingerprint density at radius 1 is 1.19 bits per heavy atom. The van der Waals surface area contributed by atoms with Crippen molar-refractivity contribution in [1.29, 1.82) is 0 Å². The number of aromatic nitrogens is 3. The highest BCUT2D eigenvalue weighted by molar-refractivity contribution is 5.51. The Balaban J connectivity index is 2.53. The van der Waals surface area contributed by atoms with Crippen LogP contribution < -0.4 is 5.73 Å². The molecule has 1 aromatic carbocycles. The maximum Gasteiger partial charge on any atom is 0.416 e. The molecule has 2 aromatic rings. The van der Waals surface area contributed by atoms with Crippen LogP contribution in [-0.4, -0.2) is 15.0 Å².